The quantitative estimate of drug-likeness (QED) is 0.0821. The first kappa shape index (κ1) is 33.3. The Morgan fingerprint density at radius 3 is 0.794 bits per heavy atom. The largest absolute Gasteiger partial charge is 0.508 e. The summed E-state index contributed by atoms with van der Waals surface area (Å²) in [4.78, 5) is 11.6. The first-order valence-electron chi connectivity index (χ1n) is 15.6. The van der Waals surface area contributed by atoms with E-state index in [4.69, 9.17) is 9.47 Å². The summed E-state index contributed by atoms with van der Waals surface area (Å²) in [5.41, 5.74) is 0. The summed E-state index contributed by atoms with van der Waals surface area (Å²) in [7, 11) is 0. The summed E-state index contributed by atoms with van der Waals surface area (Å²) in [6.45, 7) is 5.57. The van der Waals surface area contributed by atoms with Crippen LogP contribution in [0.3, 0.4) is 0 Å². The summed E-state index contributed by atoms with van der Waals surface area (Å²) < 4.78 is 10.4. The lowest BCUT2D eigenvalue weighted by molar-refractivity contribution is 0.0529. The van der Waals surface area contributed by atoms with E-state index in [1.54, 1.807) is 0 Å². The molecule has 0 aliphatic rings. The van der Waals surface area contributed by atoms with Gasteiger partial charge in [0.05, 0.1) is 13.2 Å². The van der Waals surface area contributed by atoms with Crippen molar-refractivity contribution in [2.24, 2.45) is 0 Å². The van der Waals surface area contributed by atoms with Gasteiger partial charge in [-0.25, -0.2) is 4.79 Å². The normalized spacial score (nSPS) is 11.1. The van der Waals surface area contributed by atoms with E-state index < -0.39 is 6.16 Å². The van der Waals surface area contributed by atoms with Crippen molar-refractivity contribution < 1.29 is 14.3 Å². The average Bonchev–Trinajstić information content (AvgIpc) is 2.84. The molecule has 0 aliphatic carbocycles. The average molecular weight is 483 g/mol. The summed E-state index contributed by atoms with van der Waals surface area (Å²) in [5, 5.41) is 0. The molecule has 0 unspecified atom stereocenters. The van der Waals surface area contributed by atoms with Crippen LogP contribution in [0.1, 0.15) is 181 Å². The Morgan fingerprint density at radius 2 is 0.559 bits per heavy atom. The van der Waals surface area contributed by atoms with Crippen molar-refractivity contribution in [3.05, 3.63) is 0 Å². The fraction of sp³-hybridized carbons (Fsp3) is 0.968. The Morgan fingerprint density at radius 1 is 0.353 bits per heavy atom. The minimum Gasteiger partial charge on any atom is -0.434 e. The molecule has 0 saturated heterocycles. The Bertz CT molecular complexity index is 383. The van der Waals surface area contributed by atoms with Crippen molar-refractivity contribution >= 4 is 6.16 Å². The van der Waals surface area contributed by atoms with E-state index in [0.29, 0.717) is 13.2 Å². The van der Waals surface area contributed by atoms with Crippen LogP contribution in [0.2, 0.25) is 0 Å². The lowest BCUT2D eigenvalue weighted by atomic mass is 10.0. The van der Waals surface area contributed by atoms with E-state index in [0.717, 1.165) is 25.7 Å². The summed E-state index contributed by atoms with van der Waals surface area (Å²) in [6.07, 6.45) is 34.1. The van der Waals surface area contributed by atoms with E-state index in [9.17, 15) is 4.79 Å². The zero-order valence-electron chi connectivity index (χ0n) is 23.5. The van der Waals surface area contributed by atoms with Crippen LogP contribution in [0.25, 0.3) is 0 Å². The lowest BCUT2D eigenvalue weighted by Gasteiger charge is -2.07. The van der Waals surface area contributed by atoms with Gasteiger partial charge in [0.25, 0.3) is 0 Å². The predicted molar refractivity (Wildman–Crippen MR) is 149 cm³/mol. The van der Waals surface area contributed by atoms with Crippen molar-refractivity contribution in [3.8, 4) is 0 Å². The lowest BCUT2D eigenvalue weighted by Crippen LogP contribution is -2.09. The highest BCUT2D eigenvalue weighted by Crippen LogP contribution is 2.14. The van der Waals surface area contributed by atoms with Crippen LogP contribution in [0.4, 0.5) is 4.79 Å². The number of rotatable bonds is 28. The molecule has 0 heterocycles. The first-order chi connectivity index (χ1) is 16.8. The van der Waals surface area contributed by atoms with Gasteiger partial charge in [0.15, 0.2) is 0 Å². The molecule has 0 spiro atoms. The Kier molecular flexibility index (Phi) is 29.7. The molecule has 0 rings (SSSR count). The minimum atomic E-state index is -0.475. The van der Waals surface area contributed by atoms with E-state index in [1.165, 1.54) is 141 Å². The Labute approximate surface area is 214 Å². The van der Waals surface area contributed by atoms with E-state index in [1.807, 2.05) is 0 Å². The number of carbonyl (C=O) groups excluding carboxylic acids is 1. The number of hydrogen-bond donors (Lipinski definition) is 0. The standard InChI is InChI=1S/C31H62O3/c1-3-5-7-9-11-13-15-16-17-18-19-20-22-24-26-28-30-34-31(32)33-29-27-25-23-21-14-12-10-8-6-4-2/h3-30H2,1-2H3. The van der Waals surface area contributed by atoms with Gasteiger partial charge in [-0.2, -0.15) is 0 Å². The van der Waals surface area contributed by atoms with Gasteiger partial charge in [-0.3, -0.25) is 0 Å². The molecule has 0 atom stereocenters. The Hall–Kier alpha value is -0.730. The van der Waals surface area contributed by atoms with Gasteiger partial charge in [0, 0.05) is 0 Å². The molecule has 0 aromatic heterocycles. The van der Waals surface area contributed by atoms with Gasteiger partial charge in [-0.1, -0.05) is 168 Å². The molecule has 0 N–H and O–H groups in total. The fourth-order valence-electron chi connectivity index (χ4n) is 4.59. The molecule has 0 fully saturated rings. The van der Waals surface area contributed by atoms with Gasteiger partial charge in [0.1, 0.15) is 0 Å². The zero-order chi connectivity index (χ0) is 24.8. The maximum atomic E-state index is 11.6. The van der Waals surface area contributed by atoms with Crippen LogP contribution in [0.5, 0.6) is 0 Å². The summed E-state index contributed by atoms with van der Waals surface area (Å²) in [5.74, 6) is 0. The van der Waals surface area contributed by atoms with Crippen LogP contribution in [0, 0.1) is 0 Å². The van der Waals surface area contributed by atoms with Gasteiger partial charge >= 0.3 is 6.16 Å². The molecular formula is C31H62O3. The third-order valence-electron chi connectivity index (χ3n) is 6.94. The SMILES string of the molecule is CCCCCCCCCCCCCCCCCCOC(=O)OCCCCCCCCCCCC. The maximum absolute atomic E-state index is 11.6. The zero-order valence-corrected chi connectivity index (χ0v) is 23.5. The molecule has 0 saturated carbocycles. The minimum absolute atomic E-state index is 0.475. The fourth-order valence-corrected chi connectivity index (χ4v) is 4.59. The molecule has 0 radical (unpaired) electrons. The second-order valence-electron chi connectivity index (χ2n) is 10.4. The van der Waals surface area contributed by atoms with Gasteiger partial charge in [0.2, 0.25) is 0 Å². The summed E-state index contributed by atoms with van der Waals surface area (Å²) in [6, 6.07) is 0. The van der Waals surface area contributed by atoms with Gasteiger partial charge < -0.3 is 9.47 Å². The van der Waals surface area contributed by atoms with Crippen LogP contribution >= 0.6 is 0 Å². The molecule has 3 heteroatoms. The molecule has 0 aromatic carbocycles. The van der Waals surface area contributed by atoms with Gasteiger partial charge in [-0.05, 0) is 12.8 Å². The number of carbonyl (C=O) groups is 1. The molecular weight excluding hydrogens is 420 g/mol. The smallest absolute Gasteiger partial charge is 0.434 e. The topological polar surface area (TPSA) is 35.5 Å². The second kappa shape index (κ2) is 30.3. The van der Waals surface area contributed by atoms with E-state index in [2.05, 4.69) is 13.8 Å². The molecule has 0 aromatic rings. The third-order valence-corrected chi connectivity index (χ3v) is 6.94. The molecule has 0 bridgehead atoms. The van der Waals surface area contributed by atoms with Crippen LogP contribution in [-0.2, 0) is 9.47 Å². The molecule has 0 amide bonds. The van der Waals surface area contributed by atoms with E-state index in [-0.39, 0.29) is 0 Å². The Balaban J connectivity index is 3.13. The first-order valence-corrected chi connectivity index (χ1v) is 15.6. The van der Waals surface area contributed by atoms with Crippen molar-refractivity contribution in [2.45, 2.75) is 181 Å². The van der Waals surface area contributed by atoms with E-state index >= 15 is 0 Å². The number of unbranched alkanes of at least 4 members (excludes halogenated alkanes) is 24. The highest BCUT2D eigenvalue weighted by Gasteiger charge is 2.03. The van der Waals surface area contributed by atoms with Crippen molar-refractivity contribution in [1.29, 1.82) is 0 Å². The number of ether oxygens (including phenoxy) is 2. The molecule has 3 nitrogen and oxygen atoms in total. The van der Waals surface area contributed by atoms with Crippen molar-refractivity contribution in [1.82, 2.24) is 0 Å². The van der Waals surface area contributed by atoms with Gasteiger partial charge in [-0.15, -0.1) is 0 Å². The molecule has 0 aliphatic heterocycles. The maximum Gasteiger partial charge on any atom is 0.508 e. The van der Waals surface area contributed by atoms with Crippen LogP contribution < -0.4 is 0 Å². The monoisotopic (exact) mass is 482 g/mol. The highest BCUT2D eigenvalue weighted by molar-refractivity contribution is 5.59. The summed E-state index contributed by atoms with van der Waals surface area (Å²) >= 11 is 0. The van der Waals surface area contributed by atoms with Crippen LogP contribution in [-0.4, -0.2) is 19.4 Å². The molecule has 34 heavy (non-hydrogen) atoms. The molecule has 204 valence electrons. The van der Waals surface area contributed by atoms with Crippen molar-refractivity contribution in [2.75, 3.05) is 13.2 Å². The van der Waals surface area contributed by atoms with Crippen LogP contribution in [0.15, 0.2) is 0 Å². The van der Waals surface area contributed by atoms with Crippen molar-refractivity contribution in [3.63, 3.8) is 0 Å². The number of hydrogen-bond acceptors (Lipinski definition) is 3. The predicted octanol–water partition coefficient (Wildman–Crippen LogP) is 11.3. The second-order valence-corrected chi connectivity index (χ2v) is 10.4. The third kappa shape index (κ3) is 29.3. The highest BCUT2D eigenvalue weighted by atomic mass is 16.7.